The highest BCUT2D eigenvalue weighted by molar-refractivity contribution is 8.18. The molecule has 6 nitrogen and oxygen atoms in total. The minimum atomic E-state index is -0.136. The maximum absolute atomic E-state index is 11.3. The second-order valence-corrected chi connectivity index (χ2v) is 6.77. The average Bonchev–Trinajstić information content (AvgIpc) is 2.55. The number of fused-ring (bicyclic) bond motifs is 1. The minimum Gasteiger partial charge on any atom is -0.359 e. The van der Waals surface area contributed by atoms with Crippen LogP contribution in [0.25, 0.3) is 0 Å². The Morgan fingerprint density at radius 2 is 2.08 bits per heavy atom. The summed E-state index contributed by atoms with van der Waals surface area (Å²) in [6.45, 7) is 6.19. The molecule has 24 heavy (non-hydrogen) atoms. The van der Waals surface area contributed by atoms with E-state index in [9.17, 15) is 4.79 Å². The van der Waals surface area contributed by atoms with Gasteiger partial charge in [-0.1, -0.05) is 37.3 Å². The fourth-order valence-electron chi connectivity index (χ4n) is 2.66. The summed E-state index contributed by atoms with van der Waals surface area (Å²) in [7, 11) is 0. The van der Waals surface area contributed by atoms with Crippen molar-refractivity contribution in [1.29, 1.82) is 0 Å². The average molecular weight is 343 g/mol. The lowest BCUT2D eigenvalue weighted by Gasteiger charge is -2.37. The van der Waals surface area contributed by atoms with E-state index in [0.717, 1.165) is 36.9 Å². The summed E-state index contributed by atoms with van der Waals surface area (Å²) in [5.41, 5.74) is 1.24. The molecule has 126 valence electrons. The summed E-state index contributed by atoms with van der Waals surface area (Å²) < 4.78 is 0. The molecule has 0 saturated heterocycles. The lowest BCUT2D eigenvalue weighted by Crippen LogP contribution is -2.45. The summed E-state index contributed by atoms with van der Waals surface area (Å²) in [6, 6.07) is 10.3. The number of amidine groups is 2. The maximum atomic E-state index is 11.3. The number of nitrogens with one attached hydrogen (secondary N) is 1. The lowest BCUT2D eigenvalue weighted by molar-refractivity contribution is -0.117. The van der Waals surface area contributed by atoms with Crippen molar-refractivity contribution in [3.63, 3.8) is 0 Å². The van der Waals surface area contributed by atoms with Crippen molar-refractivity contribution in [2.45, 2.75) is 26.8 Å². The molecule has 2 aliphatic heterocycles. The number of carbonyl (C=O) groups is 1. The Kier molecular flexibility index (Phi) is 5.20. The molecule has 0 aromatic heterocycles. The van der Waals surface area contributed by atoms with Crippen LogP contribution in [0.15, 0.2) is 51.6 Å². The normalized spacial score (nSPS) is 16.8. The fraction of sp³-hybridized carbons (Fsp3) is 0.353. The summed E-state index contributed by atoms with van der Waals surface area (Å²) in [5.74, 6) is 0.730. The van der Waals surface area contributed by atoms with Crippen LogP contribution in [0.3, 0.4) is 0 Å². The van der Waals surface area contributed by atoms with Gasteiger partial charge >= 0.3 is 0 Å². The van der Waals surface area contributed by atoms with Crippen LogP contribution in [0.2, 0.25) is 0 Å². The molecule has 0 radical (unpaired) electrons. The number of nitrogens with zero attached hydrogens (tertiary/aromatic N) is 4. The SMILES string of the molecule is CCCN1C=C2SC(NC(C)=O)=NN=C2N(Cc2ccccc2)C1. The van der Waals surface area contributed by atoms with Crippen LogP contribution in [0.1, 0.15) is 25.8 Å². The van der Waals surface area contributed by atoms with Crippen molar-refractivity contribution in [3.8, 4) is 0 Å². The number of hydrogen-bond acceptors (Lipinski definition) is 6. The van der Waals surface area contributed by atoms with Gasteiger partial charge in [-0.15, -0.1) is 10.2 Å². The topological polar surface area (TPSA) is 60.3 Å². The van der Waals surface area contributed by atoms with Gasteiger partial charge in [0, 0.05) is 26.2 Å². The Labute approximate surface area is 146 Å². The number of rotatable bonds is 4. The predicted octanol–water partition coefficient (Wildman–Crippen LogP) is 2.57. The first-order valence-electron chi connectivity index (χ1n) is 8.02. The molecule has 0 aliphatic carbocycles. The van der Waals surface area contributed by atoms with Crippen LogP contribution < -0.4 is 5.32 Å². The van der Waals surface area contributed by atoms with Crippen molar-refractivity contribution in [3.05, 3.63) is 47.0 Å². The van der Waals surface area contributed by atoms with Gasteiger partial charge < -0.3 is 15.1 Å². The maximum Gasteiger partial charge on any atom is 0.222 e. The zero-order valence-corrected chi connectivity index (χ0v) is 14.7. The lowest BCUT2D eigenvalue weighted by atomic mass is 10.2. The Hall–Kier alpha value is -2.28. The minimum absolute atomic E-state index is 0.136. The van der Waals surface area contributed by atoms with Gasteiger partial charge in [-0.3, -0.25) is 4.79 Å². The van der Waals surface area contributed by atoms with Gasteiger partial charge in [-0.2, -0.15) is 0 Å². The number of benzene rings is 1. The van der Waals surface area contributed by atoms with Gasteiger partial charge in [0.25, 0.3) is 0 Å². The molecule has 0 unspecified atom stereocenters. The van der Waals surface area contributed by atoms with E-state index in [1.165, 1.54) is 24.2 Å². The highest BCUT2D eigenvalue weighted by atomic mass is 32.2. The molecule has 0 fully saturated rings. The third-order valence-corrected chi connectivity index (χ3v) is 4.51. The van der Waals surface area contributed by atoms with Crippen molar-refractivity contribution >= 4 is 28.7 Å². The van der Waals surface area contributed by atoms with Gasteiger partial charge in [0.05, 0.1) is 11.6 Å². The highest BCUT2D eigenvalue weighted by Crippen LogP contribution is 2.29. The molecule has 3 rings (SSSR count). The Balaban J connectivity index is 1.85. The summed E-state index contributed by atoms with van der Waals surface area (Å²) in [5, 5.41) is 11.7. The number of carbonyl (C=O) groups excluding carboxylic acids is 1. The van der Waals surface area contributed by atoms with Crippen LogP contribution in [-0.2, 0) is 11.3 Å². The molecular formula is C17H21N5OS. The smallest absolute Gasteiger partial charge is 0.222 e. The van der Waals surface area contributed by atoms with Crippen LogP contribution in [-0.4, -0.2) is 39.9 Å². The molecule has 2 aliphatic rings. The van der Waals surface area contributed by atoms with E-state index < -0.39 is 0 Å². The van der Waals surface area contributed by atoms with Crippen molar-refractivity contribution in [2.24, 2.45) is 10.2 Å². The van der Waals surface area contributed by atoms with Crippen LogP contribution in [0.5, 0.6) is 0 Å². The van der Waals surface area contributed by atoms with Gasteiger partial charge in [-0.05, 0) is 23.7 Å². The monoisotopic (exact) mass is 343 g/mol. The van der Waals surface area contributed by atoms with Crippen molar-refractivity contribution < 1.29 is 4.79 Å². The highest BCUT2D eigenvalue weighted by Gasteiger charge is 2.28. The van der Waals surface area contributed by atoms with E-state index in [-0.39, 0.29) is 5.91 Å². The Bertz CT molecular complexity index is 698. The molecule has 1 amide bonds. The first-order chi connectivity index (χ1) is 11.7. The van der Waals surface area contributed by atoms with E-state index in [2.05, 4.69) is 50.6 Å². The molecule has 7 heteroatoms. The largest absolute Gasteiger partial charge is 0.359 e. The summed E-state index contributed by atoms with van der Waals surface area (Å²) >= 11 is 1.45. The standard InChI is InChI=1S/C17H21N5OS/c1-3-9-21-11-15-16(19-20-17(24-15)18-13(2)23)22(12-21)10-14-7-5-4-6-8-14/h4-8,11H,3,9-10,12H2,1-2H3,(H,18,20,23). The number of thioether (sulfide) groups is 1. The van der Waals surface area contributed by atoms with Gasteiger partial charge in [0.15, 0.2) is 11.0 Å². The second-order valence-electron chi connectivity index (χ2n) is 5.74. The van der Waals surface area contributed by atoms with Crippen molar-refractivity contribution in [1.82, 2.24) is 15.1 Å². The van der Waals surface area contributed by atoms with E-state index >= 15 is 0 Å². The molecular weight excluding hydrogens is 322 g/mol. The molecule has 0 spiro atoms. The van der Waals surface area contributed by atoms with Crippen LogP contribution in [0, 0.1) is 0 Å². The Morgan fingerprint density at radius 1 is 1.29 bits per heavy atom. The summed E-state index contributed by atoms with van der Waals surface area (Å²) in [6.07, 6.45) is 3.19. The quantitative estimate of drug-likeness (QED) is 0.913. The molecule has 0 atom stereocenters. The van der Waals surface area contributed by atoms with E-state index in [1.807, 2.05) is 18.2 Å². The zero-order chi connectivity index (χ0) is 16.9. The second kappa shape index (κ2) is 7.53. The molecule has 1 aromatic carbocycles. The van der Waals surface area contributed by atoms with Crippen LogP contribution >= 0.6 is 11.8 Å². The Morgan fingerprint density at radius 3 is 2.79 bits per heavy atom. The fourth-order valence-corrected chi connectivity index (χ4v) is 3.61. The van der Waals surface area contributed by atoms with Gasteiger partial charge in [-0.25, -0.2) is 0 Å². The van der Waals surface area contributed by atoms with Crippen LogP contribution in [0.4, 0.5) is 0 Å². The van der Waals surface area contributed by atoms with Gasteiger partial charge in [0.2, 0.25) is 5.91 Å². The van der Waals surface area contributed by atoms with E-state index in [4.69, 9.17) is 0 Å². The molecule has 0 bridgehead atoms. The van der Waals surface area contributed by atoms with E-state index in [0.29, 0.717) is 5.17 Å². The zero-order valence-electron chi connectivity index (χ0n) is 13.9. The molecule has 1 aromatic rings. The third-order valence-electron chi connectivity index (χ3n) is 3.62. The summed E-state index contributed by atoms with van der Waals surface area (Å²) in [4.78, 5) is 16.8. The molecule has 2 heterocycles. The van der Waals surface area contributed by atoms with E-state index in [1.54, 1.807) is 0 Å². The van der Waals surface area contributed by atoms with Gasteiger partial charge in [0.1, 0.15) is 0 Å². The number of amides is 1. The third kappa shape index (κ3) is 3.97. The number of hydrogen-bond donors (Lipinski definition) is 1. The first-order valence-corrected chi connectivity index (χ1v) is 8.83. The predicted molar refractivity (Wildman–Crippen MR) is 98.2 cm³/mol. The first kappa shape index (κ1) is 16.6. The molecule has 1 N–H and O–H groups in total. The molecule has 0 saturated carbocycles. The van der Waals surface area contributed by atoms with Crippen molar-refractivity contribution in [2.75, 3.05) is 13.2 Å².